The molecular formula is C17H10BrCl2NO3. The SMILES string of the molecule is COc1ccc(C2=NC(=Cc3ccc(Cl)cc3Cl)C(=O)O2)c(Br)c1. The Labute approximate surface area is 156 Å². The van der Waals surface area contributed by atoms with Crippen molar-refractivity contribution >= 4 is 57.1 Å². The number of hydrogen-bond donors (Lipinski definition) is 0. The summed E-state index contributed by atoms with van der Waals surface area (Å²) in [5.74, 6) is 0.351. The van der Waals surface area contributed by atoms with Crippen LogP contribution in [0.3, 0.4) is 0 Å². The minimum Gasteiger partial charge on any atom is -0.497 e. The van der Waals surface area contributed by atoms with Crippen LogP contribution in [0.4, 0.5) is 0 Å². The van der Waals surface area contributed by atoms with E-state index < -0.39 is 5.97 Å². The van der Waals surface area contributed by atoms with Crippen LogP contribution in [0.1, 0.15) is 11.1 Å². The van der Waals surface area contributed by atoms with Gasteiger partial charge in [-0.05, 0) is 57.9 Å². The van der Waals surface area contributed by atoms with Crippen molar-refractivity contribution in [3.63, 3.8) is 0 Å². The van der Waals surface area contributed by atoms with E-state index in [9.17, 15) is 4.79 Å². The topological polar surface area (TPSA) is 47.9 Å². The van der Waals surface area contributed by atoms with Crippen LogP contribution in [-0.2, 0) is 9.53 Å². The van der Waals surface area contributed by atoms with Crippen LogP contribution >= 0.6 is 39.1 Å². The molecule has 0 amide bonds. The number of esters is 1. The van der Waals surface area contributed by atoms with Gasteiger partial charge in [0, 0.05) is 14.5 Å². The molecular weight excluding hydrogens is 417 g/mol. The standard InChI is InChI=1S/C17H10BrCl2NO3/c1-23-11-4-5-12(13(18)8-11)16-21-15(17(22)24-16)6-9-2-3-10(19)7-14(9)20/h2-8H,1H3. The van der Waals surface area contributed by atoms with Gasteiger partial charge in [-0.1, -0.05) is 29.3 Å². The fraction of sp³-hybridized carbons (Fsp3) is 0.0588. The summed E-state index contributed by atoms with van der Waals surface area (Å²) in [4.78, 5) is 16.3. The first-order chi connectivity index (χ1) is 11.5. The molecule has 24 heavy (non-hydrogen) atoms. The molecule has 3 rings (SSSR count). The zero-order valence-corrected chi connectivity index (χ0v) is 15.4. The van der Waals surface area contributed by atoms with Crippen molar-refractivity contribution in [1.29, 1.82) is 0 Å². The molecule has 0 bridgehead atoms. The Hall–Kier alpha value is -1.82. The number of ether oxygens (including phenoxy) is 2. The fourth-order valence-corrected chi connectivity index (χ4v) is 3.08. The van der Waals surface area contributed by atoms with Crippen LogP contribution in [0, 0.1) is 0 Å². The Morgan fingerprint density at radius 3 is 2.67 bits per heavy atom. The summed E-state index contributed by atoms with van der Waals surface area (Å²) >= 11 is 15.4. The van der Waals surface area contributed by atoms with Gasteiger partial charge in [0.25, 0.3) is 0 Å². The van der Waals surface area contributed by atoms with Crippen molar-refractivity contribution in [2.24, 2.45) is 4.99 Å². The van der Waals surface area contributed by atoms with Crippen LogP contribution in [0.2, 0.25) is 10.0 Å². The third kappa shape index (κ3) is 3.48. The van der Waals surface area contributed by atoms with Gasteiger partial charge in [0.1, 0.15) is 5.75 Å². The number of halogens is 3. The van der Waals surface area contributed by atoms with Gasteiger partial charge in [0.15, 0.2) is 5.70 Å². The Bertz CT molecular complexity index is 893. The number of carbonyl (C=O) groups is 1. The van der Waals surface area contributed by atoms with Crippen molar-refractivity contribution in [3.05, 3.63) is 67.7 Å². The quantitative estimate of drug-likeness (QED) is 0.506. The lowest BCUT2D eigenvalue weighted by Crippen LogP contribution is -2.06. The molecule has 0 aromatic heterocycles. The average molecular weight is 427 g/mol. The summed E-state index contributed by atoms with van der Waals surface area (Å²) in [6.07, 6.45) is 1.56. The van der Waals surface area contributed by atoms with Crippen molar-refractivity contribution in [3.8, 4) is 5.75 Å². The Balaban J connectivity index is 1.97. The maximum Gasteiger partial charge on any atom is 0.363 e. The van der Waals surface area contributed by atoms with Crippen LogP contribution < -0.4 is 4.74 Å². The molecule has 0 fully saturated rings. The highest BCUT2D eigenvalue weighted by atomic mass is 79.9. The van der Waals surface area contributed by atoms with Crippen LogP contribution in [0.25, 0.3) is 6.08 Å². The number of benzene rings is 2. The number of rotatable bonds is 3. The molecule has 0 aliphatic carbocycles. The summed E-state index contributed by atoms with van der Waals surface area (Å²) in [5.41, 5.74) is 1.44. The minimum atomic E-state index is -0.543. The van der Waals surface area contributed by atoms with E-state index in [4.69, 9.17) is 32.7 Å². The lowest BCUT2D eigenvalue weighted by Gasteiger charge is -2.05. The third-order valence-electron chi connectivity index (χ3n) is 3.28. The number of nitrogens with zero attached hydrogens (tertiary/aromatic N) is 1. The van der Waals surface area contributed by atoms with Crippen LogP contribution in [0.15, 0.2) is 51.6 Å². The largest absolute Gasteiger partial charge is 0.497 e. The zero-order valence-electron chi connectivity index (χ0n) is 12.3. The fourth-order valence-electron chi connectivity index (χ4n) is 2.09. The van der Waals surface area contributed by atoms with E-state index >= 15 is 0 Å². The lowest BCUT2D eigenvalue weighted by molar-refractivity contribution is -0.129. The van der Waals surface area contributed by atoms with E-state index in [2.05, 4.69) is 20.9 Å². The van der Waals surface area contributed by atoms with Gasteiger partial charge in [-0.15, -0.1) is 0 Å². The first-order valence-corrected chi connectivity index (χ1v) is 8.34. The number of methoxy groups -OCH3 is 1. The molecule has 0 N–H and O–H groups in total. The van der Waals surface area contributed by atoms with Crippen LogP contribution in [-0.4, -0.2) is 19.0 Å². The summed E-state index contributed by atoms with van der Waals surface area (Å²) in [6.45, 7) is 0. The van der Waals surface area contributed by atoms with Gasteiger partial charge >= 0.3 is 5.97 Å². The Morgan fingerprint density at radius 1 is 1.21 bits per heavy atom. The molecule has 0 saturated heterocycles. The van der Waals surface area contributed by atoms with Gasteiger partial charge in [0.2, 0.25) is 5.90 Å². The smallest absolute Gasteiger partial charge is 0.363 e. The molecule has 2 aromatic rings. The first-order valence-electron chi connectivity index (χ1n) is 6.79. The van der Waals surface area contributed by atoms with Gasteiger partial charge in [-0.3, -0.25) is 0 Å². The molecule has 1 heterocycles. The lowest BCUT2D eigenvalue weighted by atomic mass is 10.2. The number of carbonyl (C=O) groups excluding carboxylic acids is 1. The minimum absolute atomic E-state index is 0.164. The number of aliphatic imine (C=N–C) groups is 1. The monoisotopic (exact) mass is 425 g/mol. The third-order valence-corrected chi connectivity index (χ3v) is 4.50. The average Bonchev–Trinajstić information content (AvgIpc) is 2.90. The van der Waals surface area contributed by atoms with Gasteiger partial charge in [-0.2, -0.15) is 0 Å². The highest BCUT2D eigenvalue weighted by molar-refractivity contribution is 9.10. The van der Waals surface area contributed by atoms with E-state index in [1.54, 1.807) is 49.6 Å². The molecule has 0 radical (unpaired) electrons. The van der Waals surface area contributed by atoms with Crippen molar-refractivity contribution in [1.82, 2.24) is 0 Å². The maximum atomic E-state index is 12.1. The number of hydrogen-bond acceptors (Lipinski definition) is 4. The van der Waals surface area contributed by atoms with Crippen molar-refractivity contribution < 1.29 is 14.3 Å². The molecule has 0 spiro atoms. The molecule has 1 aliphatic rings. The van der Waals surface area contributed by atoms with E-state index in [1.165, 1.54) is 0 Å². The predicted octanol–water partition coefficient (Wildman–Crippen LogP) is 5.11. The first kappa shape index (κ1) is 17.0. The summed E-state index contributed by atoms with van der Waals surface area (Å²) in [6, 6.07) is 10.3. The van der Waals surface area contributed by atoms with E-state index in [-0.39, 0.29) is 11.6 Å². The summed E-state index contributed by atoms with van der Waals surface area (Å²) < 4.78 is 11.1. The highest BCUT2D eigenvalue weighted by Crippen LogP contribution is 2.29. The molecule has 122 valence electrons. The molecule has 4 nitrogen and oxygen atoms in total. The van der Waals surface area contributed by atoms with E-state index in [0.29, 0.717) is 31.4 Å². The number of cyclic esters (lactones) is 1. The molecule has 1 aliphatic heterocycles. The maximum absolute atomic E-state index is 12.1. The normalized spacial score (nSPS) is 15.4. The molecule has 2 aromatic carbocycles. The van der Waals surface area contributed by atoms with Crippen molar-refractivity contribution in [2.75, 3.05) is 7.11 Å². The van der Waals surface area contributed by atoms with Gasteiger partial charge in [-0.25, -0.2) is 9.79 Å². The van der Waals surface area contributed by atoms with Crippen LogP contribution in [0.5, 0.6) is 5.75 Å². The van der Waals surface area contributed by atoms with E-state index in [1.807, 2.05) is 0 Å². The second-order valence-corrected chi connectivity index (χ2v) is 6.55. The van der Waals surface area contributed by atoms with Gasteiger partial charge in [0.05, 0.1) is 12.7 Å². The Morgan fingerprint density at radius 2 is 2.00 bits per heavy atom. The predicted molar refractivity (Wildman–Crippen MR) is 97.8 cm³/mol. The zero-order chi connectivity index (χ0) is 17.3. The second-order valence-electron chi connectivity index (χ2n) is 4.85. The Kier molecular flexibility index (Phi) is 4.94. The molecule has 0 saturated carbocycles. The summed E-state index contributed by atoms with van der Waals surface area (Å²) in [7, 11) is 1.57. The molecule has 0 unspecified atom stereocenters. The molecule has 0 atom stereocenters. The second kappa shape index (κ2) is 6.97. The van der Waals surface area contributed by atoms with E-state index in [0.717, 1.165) is 0 Å². The van der Waals surface area contributed by atoms with Gasteiger partial charge < -0.3 is 9.47 Å². The highest BCUT2D eigenvalue weighted by Gasteiger charge is 2.25. The summed E-state index contributed by atoms with van der Waals surface area (Å²) in [5, 5.41) is 0.944. The molecule has 7 heteroatoms. The van der Waals surface area contributed by atoms with Crippen molar-refractivity contribution in [2.45, 2.75) is 0 Å².